The number of rotatable bonds is 6. The zero-order chi connectivity index (χ0) is 14.6. The second-order valence-electron chi connectivity index (χ2n) is 5.99. The van der Waals surface area contributed by atoms with Gasteiger partial charge in [0, 0.05) is 5.54 Å². The molecule has 0 bridgehead atoms. The Morgan fingerprint density at radius 3 is 2.60 bits per heavy atom. The number of furan rings is 2. The van der Waals surface area contributed by atoms with E-state index >= 15 is 0 Å². The van der Waals surface area contributed by atoms with Crippen molar-refractivity contribution in [3.05, 3.63) is 47.3 Å². The van der Waals surface area contributed by atoms with Crippen LogP contribution < -0.4 is 5.32 Å². The van der Waals surface area contributed by atoms with Gasteiger partial charge in [0.15, 0.2) is 0 Å². The molecule has 0 radical (unpaired) electrons. The highest BCUT2D eigenvalue weighted by atomic mass is 16.5. The Morgan fingerprint density at radius 1 is 1.20 bits per heavy atom. The minimum atomic E-state index is 0.0786. The molecule has 4 nitrogen and oxygen atoms in total. The smallest absolute Gasteiger partial charge is 0.130 e. The van der Waals surface area contributed by atoms with Gasteiger partial charge in [0.1, 0.15) is 30.5 Å². The summed E-state index contributed by atoms with van der Waals surface area (Å²) in [6.07, 6.45) is 1.64. The molecule has 0 amide bonds. The summed E-state index contributed by atoms with van der Waals surface area (Å²) in [6, 6.07) is 5.78. The maximum absolute atomic E-state index is 5.81. The van der Waals surface area contributed by atoms with Gasteiger partial charge in [-0.1, -0.05) is 0 Å². The summed E-state index contributed by atoms with van der Waals surface area (Å²) in [5.41, 5.74) is 1.23. The largest absolute Gasteiger partial charge is 0.467 e. The third-order valence-electron chi connectivity index (χ3n) is 2.92. The third-order valence-corrected chi connectivity index (χ3v) is 2.92. The Morgan fingerprint density at radius 2 is 1.95 bits per heavy atom. The van der Waals surface area contributed by atoms with Crippen molar-refractivity contribution in [1.29, 1.82) is 0 Å². The Hall–Kier alpha value is -1.52. The summed E-state index contributed by atoms with van der Waals surface area (Å²) in [5, 5.41) is 3.42. The van der Waals surface area contributed by atoms with Crippen LogP contribution in [0.1, 0.15) is 43.6 Å². The monoisotopic (exact) mass is 277 g/mol. The molecular formula is C16H23NO3. The lowest BCUT2D eigenvalue weighted by Crippen LogP contribution is -2.35. The lowest BCUT2D eigenvalue weighted by molar-refractivity contribution is 0.0794. The number of nitrogens with one attached hydrogen (secondary N) is 1. The van der Waals surface area contributed by atoms with Crippen LogP contribution in [-0.2, 0) is 24.5 Å². The van der Waals surface area contributed by atoms with Crippen molar-refractivity contribution < 1.29 is 13.6 Å². The highest BCUT2D eigenvalue weighted by Crippen LogP contribution is 2.17. The van der Waals surface area contributed by atoms with Crippen LogP contribution in [-0.4, -0.2) is 5.54 Å². The molecule has 0 aromatic carbocycles. The van der Waals surface area contributed by atoms with Gasteiger partial charge in [0.2, 0.25) is 0 Å². The van der Waals surface area contributed by atoms with Crippen molar-refractivity contribution in [2.75, 3.05) is 0 Å². The average molecular weight is 277 g/mol. The number of ether oxygens (including phenoxy) is 1. The second kappa shape index (κ2) is 6.29. The molecule has 2 aromatic heterocycles. The third kappa shape index (κ3) is 4.54. The predicted molar refractivity (Wildman–Crippen MR) is 77.2 cm³/mol. The van der Waals surface area contributed by atoms with Gasteiger partial charge in [-0.2, -0.15) is 0 Å². The molecule has 0 aliphatic carbocycles. The standard InChI is InChI=1S/C16H23NO3/c1-12-8-14(11-18-10-13-6-5-7-19-13)20-15(12)9-17-16(2,3)4/h5-8,17H,9-11H2,1-4H3. The van der Waals surface area contributed by atoms with Gasteiger partial charge >= 0.3 is 0 Å². The van der Waals surface area contributed by atoms with Gasteiger partial charge in [0.25, 0.3) is 0 Å². The first kappa shape index (κ1) is 14.9. The number of hydrogen-bond acceptors (Lipinski definition) is 4. The van der Waals surface area contributed by atoms with E-state index < -0.39 is 0 Å². The zero-order valence-electron chi connectivity index (χ0n) is 12.7. The normalized spacial score (nSPS) is 12.0. The van der Waals surface area contributed by atoms with Crippen molar-refractivity contribution in [2.45, 2.75) is 53.0 Å². The molecule has 0 fully saturated rings. The maximum atomic E-state index is 5.81. The fourth-order valence-electron chi connectivity index (χ4n) is 1.83. The number of aryl methyl sites for hydroxylation is 1. The van der Waals surface area contributed by atoms with Crippen LogP contribution in [0.25, 0.3) is 0 Å². The van der Waals surface area contributed by atoms with Gasteiger partial charge < -0.3 is 18.9 Å². The van der Waals surface area contributed by atoms with Gasteiger partial charge in [0.05, 0.1) is 12.8 Å². The Balaban J connectivity index is 1.84. The highest BCUT2D eigenvalue weighted by Gasteiger charge is 2.13. The minimum absolute atomic E-state index is 0.0786. The van der Waals surface area contributed by atoms with Crippen LogP contribution in [0.15, 0.2) is 33.3 Å². The molecule has 0 aliphatic heterocycles. The highest BCUT2D eigenvalue weighted by molar-refractivity contribution is 5.19. The molecule has 4 heteroatoms. The van der Waals surface area contributed by atoms with Crippen LogP contribution in [0, 0.1) is 6.92 Å². The first-order valence-electron chi connectivity index (χ1n) is 6.87. The molecule has 1 N–H and O–H groups in total. The molecule has 0 unspecified atom stereocenters. The lowest BCUT2D eigenvalue weighted by Gasteiger charge is -2.19. The van der Waals surface area contributed by atoms with E-state index in [0.717, 1.165) is 29.4 Å². The van der Waals surface area contributed by atoms with E-state index in [4.69, 9.17) is 13.6 Å². The molecule has 2 rings (SSSR count). The maximum Gasteiger partial charge on any atom is 0.130 e. The number of hydrogen-bond donors (Lipinski definition) is 1. The zero-order valence-corrected chi connectivity index (χ0v) is 12.7. The quantitative estimate of drug-likeness (QED) is 0.872. The molecule has 110 valence electrons. The van der Waals surface area contributed by atoms with Gasteiger partial charge in [-0.05, 0) is 51.5 Å². The van der Waals surface area contributed by atoms with Crippen molar-refractivity contribution in [1.82, 2.24) is 5.32 Å². The summed E-state index contributed by atoms with van der Waals surface area (Å²) in [6.45, 7) is 10.1. The van der Waals surface area contributed by atoms with E-state index in [0.29, 0.717) is 13.2 Å². The SMILES string of the molecule is Cc1cc(COCc2ccco2)oc1CNC(C)(C)C. The Bertz CT molecular complexity index is 520. The van der Waals surface area contributed by atoms with E-state index in [1.807, 2.05) is 18.2 Å². The molecular weight excluding hydrogens is 254 g/mol. The van der Waals surface area contributed by atoms with Crippen molar-refractivity contribution >= 4 is 0 Å². The average Bonchev–Trinajstić information content (AvgIpc) is 2.96. The van der Waals surface area contributed by atoms with Gasteiger partial charge in [-0.15, -0.1) is 0 Å². The molecule has 20 heavy (non-hydrogen) atoms. The van der Waals surface area contributed by atoms with E-state index in [-0.39, 0.29) is 5.54 Å². The molecule has 0 atom stereocenters. The fourth-order valence-corrected chi connectivity index (χ4v) is 1.83. The van der Waals surface area contributed by atoms with Crippen LogP contribution in [0.4, 0.5) is 0 Å². The molecule has 0 saturated heterocycles. The van der Waals surface area contributed by atoms with Crippen LogP contribution in [0.5, 0.6) is 0 Å². The molecule has 0 saturated carbocycles. The minimum Gasteiger partial charge on any atom is -0.467 e. The summed E-state index contributed by atoms with van der Waals surface area (Å²) in [5.74, 6) is 2.64. The summed E-state index contributed by atoms with van der Waals surface area (Å²) in [7, 11) is 0. The summed E-state index contributed by atoms with van der Waals surface area (Å²) >= 11 is 0. The van der Waals surface area contributed by atoms with Crippen molar-refractivity contribution in [3.63, 3.8) is 0 Å². The molecule has 2 aromatic rings. The Labute approximate surface area is 120 Å². The first-order chi connectivity index (χ1) is 9.44. The summed E-state index contributed by atoms with van der Waals surface area (Å²) < 4.78 is 16.6. The molecule has 0 spiro atoms. The lowest BCUT2D eigenvalue weighted by atomic mass is 10.1. The van der Waals surface area contributed by atoms with Crippen molar-refractivity contribution in [3.8, 4) is 0 Å². The van der Waals surface area contributed by atoms with E-state index in [1.54, 1.807) is 6.26 Å². The Kier molecular flexibility index (Phi) is 4.68. The van der Waals surface area contributed by atoms with Crippen molar-refractivity contribution in [2.24, 2.45) is 0 Å². The first-order valence-corrected chi connectivity index (χ1v) is 6.87. The molecule has 2 heterocycles. The summed E-state index contributed by atoms with van der Waals surface area (Å²) in [4.78, 5) is 0. The van der Waals surface area contributed by atoms with Crippen LogP contribution in [0.3, 0.4) is 0 Å². The van der Waals surface area contributed by atoms with E-state index in [9.17, 15) is 0 Å². The van der Waals surface area contributed by atoms with E-state index in [1.165, 1.54) is 0 Å². The van der Waals surface area contributed by atoms with Crippen LogP contribution >= 0.6 is 0 Å². The fraction of sp³-hybridized carbons (Fsp3) is 0.500. The molecule has 0 aliphatic rings. The topological polar surface area (TPSA) is 47.5 Å². The van der Waals surface area contributed by atoms with Crippen LogP contribution in [0.2, 0.25) is 0 Å². The second-order valence-corrected chi connectivity index (χ2v) is 5.99. The van der Waals surface area contributed by atoms with E-state index in [2.05, 4.69) is 33.0 Å². The predicted octanol–water partition coefficient (Wildman–Crippen LogP) is 3.79. The van der Waals surface area contributed by atoms with Gasteiger partial charge in [-0.3, -0.25) is 0 Å². The van der Waals surface area contributed by atoms with Gasteiger partial charge in [-0.25, -0.2) is 0 Å².